The number of nitrogens with one attached hydrogen (secondary N) is 1. The van der Waals surface area contributed by atoms with Crippen molar-refractivity contribution in [1.82, 2.24) is 24.9 Å². The third-order valence-electron chi connectivity index (χ3n) is 7.14. The maximum absolute atomic E-state index is 12.4. The number of fused-ring (bicyclic) bond motifs is 1. The molecule has 4 heterocycles. The first-order valence-corrected chi connectivity index (χ1v) is 12.4. The van der Waals surface area contributed by atoms with Crippen LogP contribution >= 0.6 is 0 Å². The molecule has 3 fully saturated rings. The van der Waals surface area contributed by atoms with Gasteiger partial charge in [-0.1, -0.05) is 0 Å². The number of hydrogen-bond donors (Lipinski definition) is 1. The lowest BCUT2D eigenvalue weighted by atomic mass is 9.92. The molecular formula is C25H34N6O4. The molecule has 3 aliphatic rings. The monoisotopic (exact) mass is 482 g/mol. The highest BCUT2D eigenvalue weighted by Gasteiger charge is 2.36. The van der Waals surface area contributed by atoms with Crippen molar-refractivity contribution in [3.8, 4) is 0 Å². The van der Waals surface area contributed by atoms with Gasteiger partial charge in [-0.05, 0) is 45.4 Å². The minimum Gasteiger partial charge on any atom is -0.444 e. The van der Waals surface area contributed by atoms with E-state index in [0.29, 0.717) is 32.0 Å². The zero-order valence-corrected chi connectivity index (χ0v) is 20.9. The molecule has 188 valence electrons. The molecule has 2 aromatic rings. The number of ether oxygens (including phenoxy) is 1. The highest BCUT2D eigenvalue weighted by Crippen LogP contribution is 2.33. The summed E-state index contributed by atoms with van der Waals surface area (Å²) in [5.41, 5.74) is 2.39. The van der Waals surface area contributed by atoms with Crippen molar-refractivity contribution in [2.24, 2.45) is 7.05 Å². The molecule has 1 atom stereocenters. The van der Waals surface area contributed by atoms with Crippen LogP contribution in [0.2, 0.25) is 0 Å². The first-order valence-electron chi connectivity index (χ1n) is 12.4. The zero-order chi connectivity index (χ0) is 24.9. The summed E-state index contributed by atoms with van der Waals surface area (Å²) >= 11 is 0. The number of hydrogen-bond acceptors (Lipinski definition) is 7. The topological polar surface area (TPSA) is 100 Å². The molecule has 1 aromatic heterocycles. The van der Waals surface area contributed by atoms with Crippen LogP contribution in [-0.4, -0.2) is 88.4 Å². The summed E-state index contributed by atoms with van der Waals surface area (Å²) in [7, 11) is 1.89. The van der Waals surface area contributed by atoms with Crippen LogP contribution in [0.15, 0.2) is 18.2 Å². The fraction of sp³-hybridized carbons (Fsp3) is 0.600. The number of aromatic nitrogens is 2. The van der Waals surface area contributed by atoms with Crippen molar-refractivity contribution in [2.45, 2.75) is 51.2 Å². The van der Waals surface area contributed by atoms with Crippen LogP contribution in [0.25, 0.3) is 10.9 Å². The molecule has 3 amide bonds. The fourth-order valence-corrected chi connectivity index (χ4v) is 5.18. The Morgan fingerprint density at radius 1 is 1.11 bits per heavy atom. The Morgan fingerprint density at radius 2 is 1.83 bits per heavy atom. The van der Waals surface area contributed by atoms with Gasteiger partial charge in [-0.3, -0.25) is 24.5 Å². The molecule has 1 aromatic carbocycles. The molecule has 10 nitrogen and oxygen atoms in total. The number of imide groups is 1. The summed E-state index contributed by atoms with van der Waals surface area (Å²) in [5.74, 6) is -0.870. The van der Waals surface area contributed by atoms with Crippen LogP contribution < -0.4 is 10.2 Å². The predicted octanol–water partition coefficient (Wildman–Crippen LogP) is 1.83. The third kappa shape index (κ3) is 4.71. The number of rotatable bonds is 3. The Hall–Kier alpha value is -3.14. The Labute approximate surface area is 205 Å². The molecular weight excluding hydrogens is 448 g/mol. The largest absolute Gasteiger partial charge is 0.444 e. The van der Waals surface area contributed by atoms with E-state index in [0.717, 1.165) is 48.5 Å². The van der Waals surface area contributed by atoms with Gasteiger partial charge >= 0.3 is 6.09 Å². The molecule has 3 saturated heterocycles. The molecule has 0 radical (unpaired) electrons. The molecule has 1 unspecified atom stereocenters. The van der Waals surface area contributed by atoms with E-state index < -0.39 is 11.5 Å². The van der Waals surface area contributed by atoms with Crippen LogP contribution in [0, 0.1) is 0 Å². The SMILES string of the molecule is Cn1nc(C2CCC(=O)NC2=O)c2ccc(N3CC(N4CCN(C(=O)OC(C)(C)C)CC4)C3)cc21. The van der Waals surface area contributed by atoms with Crippen LogP contribution in [0.5, 0.6) is 0 Å². The average Bonchev–Trinajstić information content (AvgIpc) is 3.08. The van der Waals surface area contributed by atoms with Gasteiger partial charge in [-0.2, -0.15) is 5.10 Å². The first kappa shape index (κ1) is 23.6. The number of aryl methyl sites for hydroxylation is 1. The lowest BCUT2D eigenvalue weighted by Gasteiger charge is -2.49. The molecule has 5 rings (SSSR count). The lowest BCUT2D eigenvalue weighted by Crippen LogP contribution is -2.63. The van der Waals surface area contributed by atoms with Crippen molar-refractivity contribution < 1.29 is 19.1 Å². The second-order valence-corrected chi connectivity index (χ2v) is 10.8. The van der Waals surface area contributed by atoms with E-state index in [4.69, 9.17) is 4.74 Å². The van der Waals surface area contributed by atoms with Crippen LogP contribution in [0.3, 0.4) is 0 Å². The zero-order valence-electron chi connectivity index (χ0n) is 20.9. The summed E-state index contributed by atoms with van der Waals surface area (Å²) in [4.78, 5) is 42.8. The molecule has 3 aliphatic heterocycles. The van der Waals surface area contributed by atoms with E-state index in [1.807, 2.05) is 38.6 Å². The van der Waals surface area contributed by atoms with E-state index in [9.17, 15) is 14.4 Å². The summed E-state index contributed by atoms with van der Waals surface area (Å²) < 4.78 is 7.32. The Kier molecular flexibility index (Phi) is 5.94. The van der Waals surface area contributed by atoms with Crippen molar-refractivity contribution >= 4 is 34.5 Å². The van der Waals surface area contributed by atoms with Crippen molar-refractivity contribution in [3.05, 3.63) is 23.9 Å². The number of piperidine rings is 1. The number of piperazine rings is 1. The van der Waals surface area contributed by atoms with E-state index >= 15 is 0 Å². The fourth-order valence-electron chi connectivity index (χ4n) is 5.18. The lowest BCUT2D eigenvalue weighted by molar-refractivity contribution is -0.134. The Balaban J connectivity index is 1.19. The predicted molar refractivity (Wildman–Crippen MR) is 131 cm³/mol. The van der Waals surface area contributed by atoms with Crippen LogP contribution in [-0.2, 0) is 21.4 Å². The Morgan fingerprint density at radius 3 is 2.49 bits per heavy atom. The number of anilines is 1. The van der Waals surface area contributed by atoms with E-state index in [1.54, 1.807) is 4.90 Å². The van der Waals surface area contributed by atoms with Gasteiger partial charge in [0, 0.05) is 69.9 Å². The van der Waals surface area contributed by atoms with Crippen molar-refractivity contribution in [2.75, 3.05) is 44.2 Å². The molecule has 10 heteroatoms. The molecule has 0 saturated carbocycles. The van der Waals surface area contributed by atoms with Crippen molar-refractivity contribution in [1.29, 1.82) is 0 Å². The number of carbonyl (C=O) groups excluding carboxylic acids is 3. The molecule has 1 N–H and O–H groups in total. The first-order chi connectivity index (χ1) is 16.6. The number of amides is 3. The van der Waals surface area contributed by atoms with Gasteiger partial charge in [-0.15, -0.1) is 0 Å². The van der Waals surface area contributed by atoms with Gasteiger partial charge in [0.15, 0.2) is 0 Å². The van der Waals surface area contributed by atoms with Gasteiger partial charge in [0.2, 0.25) is 11.8 Å². The van der Waals surface area contributed by atoms with E-state index in [1.165, 1.54) is 0 Å². The minimum atomic E-state index is -0.472. The molecule has 35 heavy (non-hydrogen) atoms. The number of benzene rings is 1. The second-order valence-electron chi connectivity index (χ2n) is 10.8. The number of nitrogens with zero attached hydrogens (tertiary/aromatic N) is 5. The van der Waals surface area contributed by atoms with E-state index in [-0.39, 0.29) is 17.9 Å². The second kappa shape index (κ2) is 8.82. The highest BCUT2D eigenvalue weighted by molar-refractivity contribution is 6.02. The molecule has 0 spiro atoms. The number of carbonyl (C=O) groups is 3. The van der Waals surface area contributed by atoms with Gasteiger partial charge in [0.25, 0.3) is 0 Å². The summed E-state index contributed by atoms with van der Waals surface area (Å²) in [6.45, 7) is 10.6. The minimum absolute atomic E-state index is 0.215. The van der Waals surface area contributed by atoms with Gasteiger partial charge in [0.05, 0.1) is 17.1 Å². The summed E-state index contributed by atoms with van der Waals surface area (Å²) in [5, 5.41) is 8.04. The molecule has 0 bridgehead atoms. The Bertz CT molecular complexity index is 1150. The smallest absolute Gasteiger partial charge is 0.410 e. The van der Waals surface area contributed by atoms with E-state index in [2.05, 4.69) is 32.3 Å². The average molecular weight is 483 g/mol. The quantitative estimate of drug-likeness (QED) is 0.667. The maximum Gasteiger partial charge on any atom is 0.410 e. The third-order valence-corrected chi connectivity index (χ3v) is 7.14. The normalized spacial score (nSPS) is 22.3. The summed E-state index contributed by atoms with van der Waals surface area (Å²) in [6.07, 6.45) is 0.606. The maximum atomic E-state index is 12.4. The van der Waals surface area contributed by atoms with Gasteiger partial charge in [-0.25, -0.2) is 4.79 Å². The van der Waals surface area contributed by atoms with Gasteiger partial charge in [0.1, 0.15) is 5.60 Å². The molecule has 0 aliphatic carbocycles. The van der Waals surface area contributed by atoms with Gasteiger partial charge < -0.3 is 14.5 Å². The highest BCUT2D eigenvalue weighted by atomic mass is 16.6. The van der Waals surface area contributed by atoms with Crippen LogP contribution in [0.4, 0.5) is 10.5 Å². The van der Waals surface area contributed by atoms with Crippen molar-refractivity contribution in [3.63, 3.8) is 0 Å². The summed E-state index contributed by atoms with van der Waals surface area (Å²) in [6, 6.07) is 6.74. The standard InChI is InChI=1S/C25H34N6O4/c1-25(2,3)35-24(34)30-11-9-29(10-12-30)17-14-31(15-17)16-5-6-18-20(13-16)28(4)27-22(18)19-7-8-21(32)26-23(19)33/h5-6,13,17,19H,7-12,14-15H2,1-4H3,(H,26,32,33). The van der Waals surface area contributed by atoms with Crippen LogP contribution in [0.1, 0.15) is 45.2 Å².